The number of aryl methyl sites for hydroxylation is 3. The summed E-state index contributed by atoms with van der Waals surface area (Å²) in [6.45, 7) is 7.92. The number of carbonyl (C=O) groups excluding carboxylic acids is 1. The van der Waals surface area contributed by atoms with Gasteiger partial charge in [-0.2, -0.15) is 4.72 Å². The van der Waals surface area contributed by atoms with Crippen LogP contribution in [0.3, 0.4) is 0 Å². The molecule has 0 radical (unpaired) electrons. The van der Waals surface area contributed by atoms with Gasteiger partial charge in [0.05, 0.1) is 10.9 Å². The van der Waals surface area contributed by atoms with Gasteiger partial charge in [-0.3, -0.25) is 4.79 Å². The highest BCUT2D eigenvalue weighted by molar-refractivity contribution is 7.89. The van der Waals surface area contributed by atoms with Crippen molar-refractivity contribution in [2.24, 2.45) is 0 Å². The summed E-state index contributed by atoms with van der Waals surface area (Å²) >= 11 is 0. The van der Waals surface area contributed by atoms with E-state index in [-0.39, 0.29) is 17.4 Å². The van der Waals surface area contributed by atoms with Gasteiger partial charge in [0.15, 0.2) is 0 Å². The molecule has 2 N–H and O–H groups in total. The Morgan fingerprint density at radius 1 is 0.909 bits per heavy atom. The number of carbonyl (C=O) groups is 1. The molecular weight excluding hydrogens is 439 g/mol. The number of benzene rings is 3. The molecule has 0 heterocycles. The number of amides is 1. The molecule has 3 rings (SSSR count). The van der Waals surface area contributed by atoms with Gasteiger partial charge in [0.25, 0.3) is 0 Å². The van der Waals surface area contributed by atoms with Crippen LogP contribution in [0.2, 0.25) is 0 Å². The van der Waals surface area contributed by atoms with E-state index in [4.69, 9.17) is 0 Å². The van der Waals surface area contributed by atoms with Crippen LogP contribution in [0.1, 0.15) is 40.8 Å². The Hall–Kier alpha value is -3.03. The minimum absolute atomic E-state index is 0.104. The Kier molecular flexibility index (Phi) is 7.66. The lowest BCUT2D eigenvalue weighted by Gasteiger charge is -2.23. The minimum Gasteiger partial charge on any atom is -0.348 e. The number of hydrogen-bond donors (Lipinski definition) is 2. The summed E-state index contributed by atoms with van der Waals surface area (Å²) < 4.78 is 41.6. The van der Waals surface area contributed by atoms with Crippen molar-refractivity contribution in [2.45, 2.75) is 51.1 Å². The predicted octanol–water partition coefficient (Wildman–Crippen LogP) is 4.52. The third kappa shape index (κ3) is 6.27. The lowest BCUT2D eigenvalue weighted by Crippen LogP contribution is -2.48. The molecule has 0 saturated heterocycles. The van der Waals surface area contributed by atoms with Crippen LogP contribution in [0.4, 0.5) is 4.39 Å². The van der Waals surface area contributed by atoms with E-state index in [1.165, 1.54) is 17.7 Å². The molecule has 0 saturated carbocycles. The Bertz CT molecular complexity index is 1230. The van der Waals surface area contributed by atoms with E-state index < -0.39 is 27.8 Å². The number of sulfonamides is 1. The summed E-state index contributed by atoms with van der Waals surface area (Å²) in [6.07, 6.45) is 0.172. The van der Waals surface area contributed by atoms with Crippen LogP contribution in [0, 0.1) is 26.6 Å². The van der Waals surface area contributed by atoms with Crippen molar-refractivity contribution < 1.29 is 17.6 Å². The molecule has 0 aliphatic heterocycles. The highest BCUT2D eigenvalue weighted by Crippen LogP contribution is 2.22. The number of rotatable bonds is 8. The zero-order chi connectivity index (χ0) is 24.2. The second-order valence-electron chi connectivity index (χ2n) is 8.34. The molecule has 2 unspecified atom stereocenters. The number of nitrogens with one attached hydrogen (secondary N) is 2. The first-order chi connectivity index (χ1) is 15.6. The van der Waals surface area contributed by atoms with E-state index in [2.05, 4.69) is 16.1 Å². The van der Waals surface area contributed by atoms with E-state index in [1.807, 2.05) is 64.1 Å². The molecule has 0 spiro atoms. The zero-order valence-electron chi connectivity index (χ0n) is 19.2. The monoisotopic (exact) mass is 468 g/mol. The summed E-state index contributed by atoms with van der Waals surface area (Å²) in [4.78, 5) is 13.2. The Labute approximate surface area is 195 Å². The fourth-order valence-electron chi connectivity index (χ4n) is 3.75. The fourth-order valence-corrected chi connectivity index (χ4v) is 4.94. The van der Waals surface area contributed by atoms with Gasteiger partial charge in [-0.25, -0.2) is 12.8 Å². The van der Waals surface area contributed by atoms with Gasteiger partial charge in [-0.05, 0) is 86.2 Å². The van der Waals surface area contributed by atoms with Gasteiger partial charge in [-0.1, -0.05) is 42.5 Å². The highest BCUT2D eigenvalue weighted by atomic mass is 32.2. The normalized spacial score (nSPS) is 13.4. The maximum absolute atomic E-state index is 13.3. The van der Waals surface area contributed by atoms with Crippen molar-refractivity contribution in [2.75, 3.05) is 0 Å². The lowest BCUT2D eigenvalue weighted by atomic mass is 9.96. The van der Waals surface area contributed by atoms with Gasteiger partial charge in [0.2, 0.25) is 15.9 Å². The molecule has 3 aromatic carbocycles. The van der Waals surface area contributed by atoms with Crippen LogP contribution < -0.4 is 10.0 Å². The van der Waals surface area contributed by atoms with Gasteiger partial charge < -0.3 is 5.32 Å². The zero-order valence-corrected chi connectivity index (χ0v) is 20.0. The van der Waals surface area contributed by atoms with E-state index in [9.17, 15) is 17.6 Å². The Morgan fingerprint density at radius 2 is 1.52 bits per heavy atom. The molecule has 174 valence electrons. The van der Waals surface area contributed by atoms with Gasteiger partial charge in [0, 0.05) is 0 Å². The first kappa shape index (κ1) is 24.6. The quantitative estimate of drug-likeness (QED) is 0.511. The molecule has 0 aliphatic rings. The average Bonchev–Trinajstić information content (AvgIpc) is 2.76. The van der Waals surface area contributed by atoms with E-state index in [0.717, 1.165) is 34.4 Å². The summed E-state index contributed by atoms with van der Waals surface area (Å²) in [6, 6.07) is 16.5. The second kappa shape index (κ2) is 10.3. The summed E-state index contributed by atoms with van der Waals surface area (Å²) in [7, 11) is -4.04. The van der Waals surface area contributed by atoms with Crippen molar-refractivity contribution in [3.8, 4) is 0 Å². The molecule has 2 atom stereocenters. The second-order valence-corrected chi connectivity index (χ2v) is 10.1. The summed E-state index contributed by atoms with van der Waals surface area (Å²) in [5.41, 5.74) is 5.14. The van der Waals surface area contributed by atoms with Crippen LogP contribution >= 0.6 is 0 Å². The SMILES string of the molecule is Cc1cc(C)c(C(C)NC(=O)C(Cc2ccccc2)NS(=O)(=O)c2ccc(F)cc2)cc1C. The van der Waals surface area contributed by atoms with Crippen LogP contribution in [0.15, 0.2) is 71.6 Å². The topological polar surface area (TPSA) is 75.3 Å². The molecule has 3 aromatic rings. The van der Waals surface area contributed by atoms with Crippen LogP contribution in [0.25, 0.3) is 0 Å². The highest BCUT2D eigenvalue weighted by Gasteiger charge is 2.27. The van der Waals surface area contributed by atoms with Gasteiger partial charge >= 0.3 is 0 Å². The summed E-state index contributed by atoms with van der Waals surface area (Å²) in [5, 5.41) is 2.96. The van der Waals surface area contributed by atoms with Crippen LogP contribution in [-0.2, 0) is 21.2 Å². The molecule has 0 bridgehead atoms. The van der Waals surface area contributed by atoms with Crippen molar-refractivity contribution in [3.63, 3.8) is 0 Å². The Morgan fingerprint density at radius 3 is 2.15 bits per heavy atom. The molecule has 33 heavy (non-hydrogen) atoms. The van der Waals surface area contributed by atoms with Crippen molar-refractivity contribution in [1.82, 2.24) is 10.0 Å². The molecule has 1 amide bonds. The van der Waals surface area contributed by atoms with Crippen LogP contribution in [-0.4, -0.2) is 20.4 Å². The number of halogens is 1. The molecule has 7 heteroatoms. The third-order valence-corrected chi connectivity index (χ3v) is 7.22. The minimum atomic E-state index is -4.04. The fraction of sp³-hybridized carbons (Fsp3) is 0.269. The first-order valence-electron chi connectivity index (χ1n) is 10.8. The largest absolute Gasteiger partial charge is 0.348 e. The predicted molar refractivity (Wildman–Crippen MR) is 128 cm³/mol. The van der Waals surface area contributed by atoms with E-state index in [1.54, 1.807) is 0 Å². The van der Waals surface area contributed by atoms with Crippen LogP contribution in [0.5, 0.6) is 0 Å². The van der Waals surface area contributed by atoms with Crippen molar-refractivity contribution >= 4 is 15.9 Å². The summed E-state index contributed by atoms with van der Waals surface area (Å²) in [5.74, 6) is -0.972. The van der Waals surface area contributed by atoms with E-state index >= 15 is 0 Å². The molecular formula is C26H29FN2O3S. The molecule has 0 aliphatic carbocycles. The lowest BCUT2D eigenvalue weighted by molar-refractivity contribution is -0.123. The van der Waals surface area contributed by atoms with Gasteiger partial charge in [0.1, 0.15) is 11.9 Å². The molecule has 0 aromatic heterocycles. The van der Waals surface area contributed by atoms with Crippen molar-refractivity contribution in [3.05, 3.63) is 100 Å². The number of hydrogen-bond acceptors (Lipinski definition) is 3. The Balaban J connectivity index is 1.86. The van der Waals surface area contributed by atoms with E-state index in [0.29, 0.717) is 0 Å². The average molecular weight is 469 g/mol. The maximum atomic E-state index is 13.3. The first-order valence-corrected chi connectivity index (χ1v) is 12.2. The molecule has 0 fully saturated rings. The smallest absolute Gasteiger partial charge is 0.241 e. The van der Waals surface area contributed by atoms with Crippen molar-refractivity contribution in [1.29, 1.82) is 0 Å². The maximum Gasteiger partial charge on any atom is 0.241 e. The van der Waals surface area contributed by atoms with Gasteiger partial charge in [-0.15, -0.1) is 0 Å². The molecule has 5 nitrogen and oxygen atoms in total. The standard InChI is InChI=1S/C26H29FN2O3S/c1-17-14-19(3)24(15-18(17)2)20(4)28-26(30)25(16-21-8-6-5-7-9-21)29-33(31,32)23-12-10-22(27)11-13-23/h5-15,20,25,29H,16H2,1-4H3,(H,28,30). The third-order valence-electron chi connectivity index (χ3n) is 5.73.